The second-order valence-corrected chi connectivity index (χ2v) is 8.94. The van der Waals surface area contributed by atoms with E-state index in [1.165, 1.54) is 11.1 Å². The van der Waals surface area contributed by atoms with Gasteiger partial charge in [-0.25, -0.2) is 18.5 Å². The molecule has 0 aliphatic carbocycles. The van der Waals surface area contributed by atoms with Crippen molar-refractivity contribution in [2.75, 3.05) is 25.0 Å². The maximum atomic E-state index is 15.2. The van der Waals surface area contributed by atoms with Crippen LogP contribution >= 0.6 is 0 Å². The Labute approximate surface area is 220 Å². The number of halogens is 2. The van der Waals surface area contributed by atoms with Crippen molar-refractivity contribution in [3.63, 3.8) is 0 Å². The van der Waals surface area contributed by atoms with Crippen LogP contribution in [-0.2, 0) is 9.59 Å². The predicted molar refractivity (Wildman–Crippen MR) is 141 cm³/mol. The first-order valence-electron chi connectivity index (χ1n) is 11.9. The summed E-state index contributed by atoms with van der Waals surface area (Å²) in [5, 5.41) is 2.48. The number of urea groups is 1. The van der Waals surface area contributed by atoms with Gasteiger partial charge >= 0.3 is 6.03 Å². The van der Waals surface area contributed by atoms with Crippen molar-refractivity contribution in [1.29, 1.82) is 0 Å². The van der Waals surface area contributed by atoms with E-state index < -0.39 is 34.8 Å². The molecule has 2 aromatic carbocycles. The van der Waals surface area contributed by atoms with Gasteiger partial charge < -0.3 is 16.0 Å². The zero-order valence-electron chi connectivity index (χ0n) is 21.2. The number of hydrogen-bond donors (Lipinski definition) is 2. The maximum absolute atomic E-state index is 15.2. The first-order chi connectivity index (χ1) is 18.2. The average molecular weight is 522 g/mol. The number of aliphatic imine (C=N–C) groups is 1. The third-order valence-electron chi connectivity index (χ3n) is 6.25. The molecular formula is C28H29F2N5O3. The van der Waals surface area contributed by atoms with Crippen LogP contribution in [0.1, 0.15) is 37.3 Å². The minimum atomic E-state index is -1.09. The number of carbonyl (C=O) groups excluding carboxylic acids is 3. The molecule has 4 amide bonds. The van der Waals surface area contributed by atoms with E-state index in [-0.39, 0.29) is 25.1 Å². The van der Waals surface area contributed by atoms with Crippen LogP contribution in [0.3, 0.4) is 0 Å². The van der Waals surface area contributed by atoms with Crippen molar-refractivity contribution in [2.45, 2.75) is 31.7 Å². The van der Waals surface area contributed by atoms with Gasteiger partial charge in [0.1, 0.15) is 5.69 Å². The number of nitrogens with one attached hydrogen (secondary N) is 1. The molecule has 1 saturated heterocycles. The molecule has 3 N–H and O–H groups in total. The van der Waals surface area contributed by atoms with Crippen LogP contribution in [-0.4, -0.2) is 55.1 Å². The summed E-state index contributed by atoms with van der Waals surface area (Å²) in [6.45, 7) is 1.82. The average Bonchev–Trinajstić information content (AvgIpc) is 2.89. The molecule has 1 unspecified atom stereocenters. The molecule has 10 heteroatoms. The van der Waals surface area contributed by atoms with E-state index in [2.05, 4.69) is 22.2 Å². The van der Waals surface area contributed by atoms with E-state index in [0.29, 0.717) is 35.3 Å². The van der Waals surface area contributed by atoms with Gasteiger partial charge in [0.2, 0.25) is 12.3 Å². The molecule has 1 fully saturated rings. The number of benzene rings is 2. The lowest BCUT2D eigenvalue weighted by Crippen LogP contribution is -2.64. The molecule has 0 bridgehead atoms. The molecule has 3 rings (SSSR count). The summed E-state index contributed by atoms with van der Waals surface area (Å²) in [5.74, 6) is 2.58. The largest absolute Gasteiger partial charge is 0.404 e. The molecule has 1 heterocycles. The van der Waals surface area contributed by atoms with E-state index in [1.807, 2.05) is 6.07 Å². The standard InChI is InChI=1S/C28H29F2N5O3/c1-28(11-10-22(17-31)18-32-2)16-25(37)35(27(38)34(28)13-12-33-19-36)26-23(29)14-21(15-24(26)30)9-8-20-6-4-3-5-7-20/h3-7,14-15,17-19H,10-13,16,31H2,1-2H3,(H,33,36). The molecule has 1 atom stereocenters. The van der Waals surface area contributed by atoms with Crippen molar-refractivity contribution in [2.24, 2.45) is 10.7 Å². The Balaban J connectivity index is 1.94. The fourth-order valence-corrected chi connectivity index (χ4v) is 4.29. The lowest BCUT2D eigenvalue weighted by molar-refractivity contribution is -0.122. The van der Waals surface area contributed by atoms with E-state index in [9.17, 15) is 14.4 Å². The summed E-state index contributed by atoms with van der Waals surface area (Å²) in [6.07, 6.45) is 3.98. The predicted octanol–water partition coefficient (Wildman–Crippen LogP) is 3.35. The number of imide groups is 1. The fourth-order valence-electron chi connectivity index (χ4n) is 4.29. The molecule has 0 aromatic heterocycles. The topological polar surface area (TPSA) is 108 Å². The summed E-state index contributed by atoms with van der Waals surface area (Å²) >= 11 is 0. The second kappa shape index (κ2) is 12.6. The van der Waals surface area contributed by atoms with E-state index >= 15 is 8.78 Å². The highest BCUT2D eigenvalue weighted by molar-refractivity contribution is 6.16. The summed E-state index contributed by atoms with van der Waals surface area (Å²) in [5.41, 5.74) is 5.31. The smallest absolute Gasteiger partial charge is 0.332 e. The van der Waals surface area contributed by atoms with Gasteiger partial charge in [0.05, 0.1) is 12.0 Å². The first-order valence-corrected chi connectivity index (χ1v) is 11.9. The highest BCUT2D eigenvalue weighted by atomic mass is 19.1. The first kappa shape index (κ1) is 28.1. The van der Waals surface area contributed by atoms with Crippen molar-refractivity contribution < 1.29 is 23.2 Å². The molecule has 0 radical (unpaired) electrons. The van der Waals surface area contributed by atoms with Crippen LogP contribution in [0.4, 0.5) is 19.3 Å². The minimum absolute atomic E-state index is 0.0191. The number of hydrogen-bond acceptors (Lipinski definition) is 5. The lowest BCUT2D eigenvalue weighted by Gasteiger charge is -2.47. The molecule has 8 nitrogen and oxygen atoms in total. The quantitative estimate of drug-likeness (QED) is 0.228. The number of carbonyl (C=O) groups is 3. The Morgan fingerprint density at radius 3 is 2.42 bits per heavy atom. The lowest BCUT2D eigenvalue weighted by atomic mass is 9.85. The van der Waals surface area contributed by atoms with Crippen LogP contribution < -0.4 is 16.0 Å². The summed E-state index contributed by atoms with van der Waals surface area (Å²) in [7, 11) is 1.59. The minimum Gasteiger partial charge on any atom is -0.404 e. The van der Waals surface area contributed by atoms with Crippen LogP contribution in [0.5, 0.6) is 0 Å². The molecule has 198 valence electrons. The van der Waals surface area contributed by atoms with Gasteiger partial charge in [0.25, 0.3) is 0 Å². The fraction of sp³-hybridized carbons (Fsp3) is 0.286. The van der Waals surface area contributed by atoms with Crippen LogP contribution in [0.15, 0.2) is 59.2 Å². The highest BCUT2D eigenvalue weighted by Crippen LogP contribution is 2.37. The van der Waals surface area contributed by atoms with Crippen LogP contribution in [0, 0.1) is 23.5 Å². The normalized spacial score (nSPS) is 17.9. The zero-order valence-corrected chi connectivity index (χ0v) is 21.2. The Morgan fingerprint density at radius 1 is 1.16 bits per heavy atom. The molecule has 38 heavy (non-hydrogen) atoms. The number of amides is 4. The number of nitrogens with zero attached hydrogens (tertiary/aromatic N) is 3. The van der Waals surface area contributed by atoms with Gasteiger partial charge in [-0.15, -0.1) is 0 Å². The third kappa shape index (κ3) is 6.42. The van der Waals surface area contributed by atoms with Crippen LogP contribution in [0.2, 0.25) is 0 Å². The molecule has 2 aromatic rings. The molecule has 1 aliphatic heterocycles. The summed E-state index contributed by atoms with van der Waals surface area (Å²) in [6, 6.07) is 10.00. The third-order valence-corrected chi connectivity index (χ3v) is 6.25. The second-order valence-electron chi connectivity index (χ2n) is 8.94. The molecule has 1 aliphatic rings. The monoisotopic (exact) mass is 521 g/mol. The maximum Gasteiger partial charge on any atom is 0.332 e. The van der Waals surface area contributed by atoms with Crippen molar-refractivity contribution in [1.82, 2.24) is 10.2 Å². The molecule has 0 saturated carbocycles. The Kier molecular flexibility index (Phi) is 9.33. The van der Waals surface area contributed by atoms with Gasteiger partial charge in [-0.05, 0) is 55.8 Å². The number of nitrogens with two attached hydrogens (primary N) is 1. The zero-order chi connectivity index (χ0) is 27.7. The van der Waals surface area contributed by atoms with Crippen molar-refractivity contribution in [3.05, 3.63) is 77.0 Å². The Morgan fingerprint density at radius 2 is 1.82 bits per heavy atom. The molecule has 0 spiro atoms. The Hall–Kier alpha value is -4.52. The van der Waals surface area contributed by atoms with Crippen LogP contribution in [0.25, 0.3) is 0 Å². The van der Waals surface area contributed by atoms with Gasteiger partial charge in [0, 0.05) is 37.5 Å². The summed E-state index contributed by atoms with van der Waals surface area (Å²) in [4.78, 5) is 43.4. The molecular weight excluding hydrogens is 492 g/mol. The van der Waals surface area contributed by atoms with E-state index in [0.717, 1.165) is 12.1 Å². The number of anilines is 1. The van der Waals surface area contributed by atoms with Gasteiger partial charge in [-0.1, -0.05) is 30.0 Å². The SMILES string of the molecule is CN=CC(=CN)CCC1(C)CC(=O)N(c2c(F)cc(C#Cc3ccccc3)cc2F)C(=O)N1CCNC=O. The van der Waals surface area contributed by atoms with E-state index in [1.54, 1.807) is 44.5 Å². The van der Waals surface area contributed by atoms with Gasteiger partial charge in [-0.2, -0.15) is 0 Å². The van der Waals surface area contributed by atoms with Crippen molar-refractivity contribution in [3.8, 4) is 11.8 Å². The number of rotatable bonds is 9. The number of allylic oxidation sites excluding steroid dienone is 1. The van der Waals surface area contributed by atoms with Gasteiger partial charge in [0.15, 0.2) is 11.6 Å². The van der Waals surface area contributed by atoms with Crippen molar-refractivity contribution >= 4 is 30.3 Å². The Bertz CT molecular complexity index is 1290. The highest BCUT2D eigenvalue weighted by Gasteiger charge is 2.48. The van der Waals surface area contributed by atoms with E-state index in [4.69, 9.17) is 5.73 Å². The summed E-state index contributed by atoms with van der Waals surface area (Å²) < 4.78 is 30.4. The van der Waals surface area contributed by atoms with Gasteiger partial charge in [-0.3, -0.25) is 14.6 Å².